The number of hydrogen-bond acceptors (Lipinski definition) is 1. The smallest absolute Gasteiger partial charge is 0.117 e. The molecule has 0 radical (unpaired) electrons. The summed E-state index contributed by atoms with van der Waals surface area (Å²) in [5.41, 5.74) is 0. The monoisotopic (exact) mass is 89.1 g/mol. The average Bonchev–Trinajstić information content (AvgIpc) is 2.19. The lowest BCUT2D eigenvalue weighted by atomic mass is 10.7. The van der Waals surface area contributed by atoms with Crippen molar-refractivity contribution in [2.24, 2.45) is 0 Å². The summed E-state index contributed by atoms with van der Waals surface area (Å²) in [7, 11) is 1.78. The summed E-state index contributed by atoms with van der Waals surface area (Å²) in [6, 6.07) is 0.185. The molecule has 1 saturated carbocycles. The van der Waals surface area contributed by atoms with Crippen LogP contribution in [0, 0.1) is 0 Å². The van der Waals surface area contributed by atoms with E-state index < -0.39 is 6.17 Å². The highest BCUT2D eigenvalue weighted by Gasteiger charge is 2.35. The minimum Gasteiger partial charge on any atom is -0.314 e. The third kappa shape index (κ3) is 0.522. The maximum atomic E-state index is 11.7. The lowest BCUT2D eigenvalue weighted by Crippen LogP contribution is -2.10. The molecule has 6 heavy (non-hydrogen) atoms. The van der Waals surface area contributed by atoms with E-state index in [1.807, 2.05) is 0 Å². The van der Waals surface area contributed by atoms with Crippen molar-refractivity contribution in [1.29, 1.82) is 0 Å². The second-order valence-electron chi connectivity index (χ2n) is 1.65. The van der Waals surface area contributed by atoms with E-state index in [9.17, 15) is 4.39 Å². The molecule has 1 aliphatic carbocycles. The minimum absolute atomic E-state index is 0.185. The molecule has 0 spiro atoms. The molecule has 1 N–H and O–H groups in total. The summed E-state index contributed by atoms with van der Waals surface area (Å²) in [5.74, 6) is 0. The molecular formula is C4H8FN. The molecule has 1 rings (SSSR count). The van der Waals surface area contributed by atoms with Crippen LogP contribution in [0.5, 0.6) is 0 Å². The number of alkyl halides is 1. The standard InChI is InChI=1S/C4H8FN/c1-6-4-2-3(4)5/h3-4,6H,2H2,1H3/t3-,4-/m0/s1. The zero-order valence-corrected chi connectivity index (χ0v) is 3.74. The highest BCUT2D eigenvalue weighted by Crippen LogP contribution is 2.23. The number of nitrogens with one attached hydrogen (secondary N) is 1. The molecular weight excluding hydrogens is 81.0 g/mol. The summed E-state index contributed by atoms with van der Waals surface area (Å²) < 4.78 is 11.7. The van der Waals surface area contributed by atoms with Gasteiger partial charge in [0, 0.05) is 6.04 Å². The first-order chi connectivity index (χ1) is 2.84. The van der Waals surface area contributed by atoms with E-state index in [2.05, 4.69) is 5.32 Å². The molecule has 2 heteroatoms. The van der Waals surface area contributed by atoms with E-state index in [-0.39, 0.29) is 6.04 Å². The first kappa shape index (κ1) is 4.06. The molecule has 0 bridgehead atoms. The lowest BCUT2D eigenvalue weighted by molar-refractivity contribution is 0.455. The highest BCUT2D eigenvalue weighted by atomic mass is 19.1. The van der Waals surface area contributed by atoms with Gasteiger partial charge in [-0.15, -0.1) is 0 Å². The Hall–Kier alpha value is -0.110. The van der Waals surface area contributed by atoms with Crippen molar-refractivity contribution < 1.29 is 4.39 Å². The molecule has 1 aliphatic rings. The topological polar surface area (TPSA) is 12.0 Å². The van der Waals surface area contributed by atoms with Gasteiger partial charge in [-0.05, 0) is 13.5 Å². The van der Waals surface area contributed by atoms with E-state index in [0.717, 1.165) is 6.42 Å². The van der Waals surface area contributed by atoms with Crippen LogP contribution in [-0.4, -0.2) is 19.3 Å². The molecule has 0 unspecified atom stereocenters. The highest BCUT2D eigenvalue weighted by molar-refractivity contribution is 4.92. The van der Waals surface area contributed by atoms with E-state index in [1.165, 1.54) is 0 Å². The Kier molecular flexibility index (Phi) is 0.804. The maximum absolute atomic E-state index is 11.7. The van der Waals surface area contributed by atoms with Gasteiger partial charge >= 0.3 is 0 Å². The van der Waals surface area contributed by atoms with E-state index in [1.54, 1.807) is 7.05 Å². The van der Waals surface area contributed by atoms with Crippen LogP contribution in [0.2, 0.25) is 0 Å². The third-order valence-electron chi connectivity index (χ3n) is 1.08. The molecule has 0 amide bonds. The lowest BCUT2D eigenvalue weighted by Gasteiger charge is -1.82. The average molecular weight is 89.1 g/mol. The second kappa shape index (κ2) is 1.19. The van der Waals surface area contributed by atoms with Crippen molar-refractivity contribution in [3.63, 3.8) is 0 Å². The van der Waals surface area contributed by atoms with Crippen molar-refractivity contribution in [3.8, 4) is 0 Å². The number of hydrogen-bond donors (Lipinski definition) is 1. The van der Waals surface area contributed by atoms with Crippen LogP contribution in [0.1, 0.15) is 6.42 Å². The summed E-state index contributed by atoms with van der Waals surface area (Å²) >= 11 is 0. The Morgan fingerprint density at radius 2 is 2.33 bits per heavy atom. The predicted molar refractivity (Wildman–Crippen MR) is 22.4 cm³/mol. The van der Waals surface area contributed by atoms with Crippen molar-refractivity contribution in [2.75, 3.05) is 7.05 Å². The normalized spacial score (nSPS) is 43.0. The van der Waals surface area contributed by atoms with Crippen molar-refractivity contribution in [2.45, 2.75) is 18.6 Å². The zero-order valence-electron chi connectivity index (χ0n) is 3.74. The summed E-state index contributed by atoms with van der Waals surface area (Å²) in [6.07, 6.45) is 0.172. The quantitative estimate of drug-likeness (QED) is 0.487. The molecule has 0 aliphatic heterocycles. The van der Waals surface area contributed by atoms with Crippen LogP contribution in [-0.2, 0) is 0 Å². The van der Waals surface area contributed by atoms with Gasteiger partial charge in [0.2, 0.25) is 0 Å². The second-order valence-corrected chi connectivity index (χ2v) is 1.65. The van der Waals surface area contributed by atoms with Gasteiger partial charge in [-0.1, -0.05) is 0 Å². The van der Waals surface area contributed by atoms with Crippen LogP contribution in [0.4, 0.5) is 4.39 Å². The van der Waals surface area contributed by atoms with Crippen LogP contribution >= 0.6 is 0 Å². The van der Waals surface area contributed by atoms with Crippen LogP contribution in [0.15, 0.2) is 0 Å². The number of halogens is 1. The van der Waals surface area contributed by atoms with Crippen LogP contribution < -0.4 is 5.32 Å². The summed E-state index contributed by atoms with van der Waals surface area (Å²) in [6.45, 7) is 0. The van der Waals surface area contributed by atoms with Gasteiger partial charge < -0.3 is 5.32 Å². The fourth-order valence-electron chi connectivity index (χ4n) is 0.463. The van der Waals surface area contributed by atoms with Crippen LogP contribution in [0.25, 0.3) is 0 Å². The van der Waals surface area contributed by atoms with Gasteiger partial charge in [-0.2, -0.15) is 0 Å². The molecule has 1 fully saturated rings. The molecule has 0 saturated heterocycles. The first-order valence-corrected chi connectivity index (χ1v) is 2.16. The first-order valence-electron chi connectivity index (χ1n) is 2.16. The van der Waals surface area contributed by atoms with Gasteiger partial charge in [0.1, 0.15) is 6.17 Å². The summed E-state index contributed by atoms with van der Waals surface area (Å²) in [4.78, 5) is 0. The molecule has 0 aromatic rings. The van der Waals surface area contributed by atoms with E-state index >= 15 is 0 Å². The molecule has 0 aromatic carbocycles. The summed E-state index contributed by atoms with van der Waals surface area (Å²) in [5, 5.41) is 2.81. The predicted octanol–water partition coefficient (Wildman–Crippen LogP) is 0.316. The van der Waals surface area contributed by atoms with Gasteiger partial charge in [-0.3, -0.25) is 0 Å². The van der Waals surface area contributed by atoms with Crippen molar-refractivity contribution in [3.05, 3.63) is 0 Å². The van der Waals surface area contributed by atoms with E-state index in [0.29, 0.717) is 0 Å². The fraction of sp³-hybridized carbons (Fsp3) is 1.00. The van der Waals surface area contributed by atoms with Crippen LogP contribution in [0.3, 0.4) is 0 Å². The molecule has 0 aromatic heterocycles. The van der Waals surface area contributed by atoms with Gasteiger partial charge in [0.15, 0.2) is 0 Å². The van der Waals surface area contributed by atoms with Crippen molar-refractivity contribution >= 4 is 0 Å². The van der Waals surface area contributed by atoms with Gasteiger partial charge in [0.05, 0.1) is 0 Å². The van der Waals surface area contributed by atoms with Gasteiger partial charge in [0.25, 0.3) is 0 Å². The number of rotatable bonds is 1. The molecule has 36 valence electrons. The molecule has 0 heterocycles. The minimum atomic E-state index is -0.546. The Labute approximate surface area is 36.5 Å². The largest absolute Gasteiger partial charge is 0.314 e. The Balaban J connectivity index is 2.09. The van der Waals surface area contributed by atoms with Gasteiger partial charge in [-0.25, -0.2) is 4.39 Å². The SMILES string of the molecule is CN[C@H]1C[C@@H]1F. The zero-order chi connectivity index (χ0) is 4.57. The molecule has 1 nitrogen and oxygen atoms in total. The maximum Gasteiger partial charge on any atom is 0.117 e. The molecule has 2 atom stereocenters. The van der Waals surface area contributed by atoms with Crippen molar-refractivity contribution in [1.82, 2.24) is 5.32 Å². The fourth-order valence-corrected chi connectivity index (χ4v) is 0.463. The third-order valence-corrected chi connectivity index (χ3v) is 1.08. The Bertz CT molecular complexity index is 53.5. The van der Waals surface area contributed by atoms with E-state index in [4.69, 9.17) is 0 Å². The Morgan fingerprint density at radius 3 is 2.33 bits per heavy atom. The Morgan fingerprint density at radius 1 is 1.83 bits per heavy atom.